The molecule has 0 amide bonds. The van der Waals surface area contributed by atoms with Crippen LogP contribution >= 0.6 is 11.3 Å². The Bertz CT molecular complexity index is 340. The van der Waals surface area contributed by atoms with Crippen LogP contribution in [0.2, 0.25) is 0 Å². The minimum atomic E-state index is 0.863. The summed E-state index contributed by atoms with van der Waals surface area (Å²) in [6, 6.07) is 3.21. The van der Waals surface area contributed by atoms with Crippen molar-refractivity contribution < 1.29 is 0 Å². The van der Waals surface area contributed by atoms with E-state index in [2.05, 4.69) is 23.7 Å². The summed E-state index contributed by atoms with van der Waals surface area (Å²) in [7, 11) is 0. The minimum absolute atomic E-state index is 0.863. The summed E-state index contributed by atoms with van der Waals surface area (Å²) < 4.78 is 0. The molecular formula is C13H19NS. The lowest BCUT2D eigenvalue weighted by atomic mass is 9.70. The van der Waals surface area contributed by atoms with Crippen LogP contribution in [0.1, 0.15) is 42.0 Å². The van der Waals surface area contributed by atoms with E-state index in [0.717, 1.165) is 17.9 Å². The average molecular weight is 221 g/mol. The molecule has 15 heavy (non-hydrogen) atoms. The van der Waals surface area contributed by atoms with E-state index in [4.69, 9.17) is 0 Å². The molecule has 1 N–H and O–H groups in total. The van der Waals surface area contributed by atoms with Gasteiger partial charge in [0, 0.05) is 10.9 Å². The lowest BCUT2D eigenvalue weighted by Crippen LogP contribution is -2.34. The summed E-state index contributed by atoms with van der Waals surface area (Å²) in [5.74, 6) is 1.78. The second-order valence-electron chi connectivity index (χ2n) is 5.06. The van der Waals surface area contributed by atoms with E-state index >= 15 is 0 Å². The third kappa shape index (κ3) is 1.98. The second kappa shape index (κ2) is 3.91. The van der Waals surface area contributed by atoms with Crippen molar-refractivity contribution in [3.63, 3.8) is 0 Å². The Kier molecular flexibility index (Phi) is 2.57. The summed E-state index contributed by atoms with van der Waals surface area (Å²) in [6.07, 6.45) is 5.66. The molecule has 2 aliphatic rings. The molecule has 1 aromatic rings. The fourth-order valence-corrected chi connectivity index (χ4v) is 3.38. The maximum atomic E-state index is 3.67. The Morgan fingerprint density at radius 1 is 1.33 bits per heavy atom. The summed E-state index contributed by atoms with van der Waals surface area (Å²) in [5.41, 5.74) is 1.63. The van der Waals surface area contributed by atoms with Gasteiger partial charge in [-0.3, -0.25) is 0 Å². The van der Waals surface area contributed by atoms with Crippen molar-refractivity contribution in [1.29, 1.82) is 0 Å². The molecule has 82 valence electrons. The lowest BCUT2D eigenvalue weighted by molar-refractivity contribution is 0.245. The van der Waals surface area contributed by atoms with Crippen molar-refractivity contribution in [2.45, 2.75) is 44.6 Å². The minimum Gasteiger partial charge on any atom is -0.314 e. The normalized spacial score (nSPS) is 30.2. The maximum absolute atomic E-state index is 3.67. The van der Waals surface area contributed by atoms with Crippen LogP contribution in [0, 0.1) is 12.8 Å². The van der Waals surface area contributed by atoms with Gasteiger partial charge in [-0.25, -0.2) is 0 Å². The highest BCUT2D eigenvalue weighted by atomic mass is 32.1. The molecule has 2 fully saturated rings. The van der Waals surface area contributed by atoms with Gasteiger partial charge in [-0.05, 0) is 68.0 Å². The van der Waals surface area contributed by atoms with Gasteiger partial charge >= 0.3 is 0 Å². The predicted octanol–water partition coefficient (Wildman–Crippen LogP) is 3.30. The molecule has 2 heteroatoms. The number of rotatable bonds is 4. The standard InChI is InChI=1S/C13H19NS/c1-9-12(6-7-15-9)13-5-2-10(13)8-14-11-3-4-11/h6-7,10-11,13-14H,2-5,8H2,1H3. The quantitative estimate of drug-likeness (QED) is 0.822. The van der Waals surface area contributed by atoms with Crippen LogP contribution in [-0.4, -0.2) is 12.6 Å². The van der Waals surface area contributed by atoms with Gasteiger partial charge < -0.3 is 5.32 Å². The van der Waals surface area contributed by atoms with Gasteiger partial charge in [0.1, 0.15) is 0 Å². The molecule has 0 aromatic carbocycles. The van der Waals surface area contributed by atoms with E-state index < -0.39 is 0 Å². The van der Waals surface area contributed by atoms with E-state index in [0.29, 0.717) is 0 Å². The van der Waals surface area contributed by atoms with Crippen LogP contribution in [0.3, 0.4) is 0 Å². The number of thiophene rings is 1. The molecule has 1 heterocycles. The Labute approximate surface area is 95.9 Å². The first-order valence-electron chi connectivity index (χ1n) is 6.12. The van der Waals surface area contributed by atoms with E-state index in [1.165, 1.54) is 37.1 Å². The first-order valence-corrected chi connectivity index (χ1v) is 7.00. The highest BCUT2D eigenvalue weighted by Crippen LogP contribution is 2.44. The Hall–Kier alpha value is -0.340. The molecule has 0 aliphatic heterocycles. The van der Waals surface area contributed by atoms with Gasteiger partial charge in [0.05, 0.1) is 0 Å². The molecule has 2 unspecified atom stereocenters. The Morgan fingerprint density at radius 3 is 2.73 bits per heavy atom. The van der Waals surface area contributed by atoms with Crippen molar-refractivity contribution in [2.24, 2.45) is 5.92 Å². The SMILES string of the molecule is Cc1sccc1C1CCC1CNC1CC1. The van der Waals surface area contributed by atoms with E-state index in [1.807, 2.05) is 11.3 Å². The van der Waals surface area contributed by atoms with Crippen molar-refractivity contribution in [2.75, 3.05) is 6.54 Å². The number of hydrogen-bond acceptors (Lipinski definition) is 2. The van der Waals surface area contributed by atoms with Gasteiger partial charge in [0.15, 0.2) is 0 Å². The van der Waals surface area contributed by atoms with Crippen LogP contribution in [0.15, 0.2) is 11.4 Å². The molecule has 0 saturated heterocycles. The van der Waals surface area contributed by atoms with E-state index in [-0.39, 0.29) is 0 Å². The zero-order valence-electron chi connectivity index (χ0n) is 9.33. The molecular weight excluding hydrogens is 202 g/mol. The first-order chi connectivity index (χ1) is 7.34. The van der Waals surface area contributed by atoms with Crippen molar-refractivity contribution in [3.8, 4) is 0 Å². The van der Waals surface area contributed by atoms with E-state index in [1.54, 1.807) is 5.56 Å². The van der Waals surface area contributed by atoms with Crippen LogP contribution in [0.5, 0.6) is 0 Å². The molecule has 2 atom stereocenters. The third-order valence-electron chi connectivity index (χ3n) is 3.96. The van der Waals surface area contributed by atoms with Gasteiger partial charge in [-0.1, -0.05) is 0 Å². The lowest BCUT2D eigenvalue weighted by Gasteiger charge is -2.37. The smallest absolute Gasteiger partial charge is 0.00683 e. The van der Waals surface area contributed by atoms with Crippen LogP contribution in [0.4, 0.5) is 0 Å². The van der Waals surface area contributed by atoms with Crippen LogP contribution in [0.25, 0.3) is 0 Å². The monoisotopic (exact) mass is 221 g/mol. The fourth-order valence-electron chi connectivity index (χ4n) is 2.61. The van der Waals surface area contributed by atoms with E-state index in [9.17, 15) is 0 Å². The summed E-state index contributed by atoms with van der Waals surface area (Å²) >= 11 is 1.90. The number of hydrogen-bond donors (Lipinski definition) is 1. The van der Waals surface area contributed by atoms with Gasteiger partial charge in [-0.2, -0.15) is 0 Å². The average Bonchev–Trinajstić information content (AvgIpc) is 2.91. The van der Waals surface area contributed by atoms with Crippen LogP contribution < -0.4 is 5.32 Å². The highest BCUT2D eigenvalue weighted by molar-refractivity contribution is 7.10. The highest BCUT2D eigenvalue weighted by Gasteiger charge is 2.34. The Balaban J connectivity index is 1.59. The third-order valence-corrected chi connectivity index (χ3v) is 4.82. The fraction of sp³-hybridized carbons (Fsp3) is 0.692. The van der Waals surface area contributed by atoms with Crippen LogP contribution in [-0.2, 0) is 0 Å². The molecule has 3 rings (SSSR count). The molecule has 2 saturated carbocycles. The summed E-state index contributed by atoms with van der Waals surface area (Å²) in [4.78, 5) is 1.54. The van der Waals surface area contributed by atoms with Gasteiger partial charge in [0.25, 0.3) is 0 Å². The zero-order chi connectivity index (χ0) is 10.3. The van der Waals surface area contributed by atoms with Crippen molar-refractivity contribution >= 4 is 11.3 Å². The Morgan fingerprint density at radius 2 is 2.20 bits per heavy atom. The maximum Gasteiger partial charge on any atom is 0.00683 e. The molecule has 0 radical (unpaired) electrons. The molecule has 0 spiro atoms. The molecule has 0 bridgehead atoms. The number of nitrogens with one attached hydrogen (secondary N) is 1. The summed E-state index contributed by atoms with van der Waals surface area (Å²) in [5, 5.41) is 5.92. The largest absolute Gasteiger partial charge is 0.314 e. The first kappa shape index (κ1) is 9.86. The zero-order valence-corrected chi connectivity index (χ0v) is 10.1. The second-order valence-corrected chi connectivity index (χ2v) is 6.18. The molecule has 1 nitrogen and oxygen atoms in total. The van der Waals surface area contributed by atoms with Crippen molar-refractivity contribution in [3.05, 3.63) is 21.9 Å². The molecule has 2 aliphatic carbocycles. The van der Waals surface area contributed by atoms with Gasteiger partial charge in [0.2, 0.25) is 0 Å². The summed E-state index contributed by atoms with van der Waals surface area (Å²) in [6.45, 7) is 3.52. The predicted molar refractivity (Wildman–Crippen MR) is 65.5 cm³/mol. The molecule has 1 aromatic heterocycles. The topological polar surface area (TPSA) is 12.0 Å². The van der Waals surface area contributed by atoms with Crippen molar-refractivity contribution in [1.82, 2.24) is 5.32 Å². The van der Waals surface area contributed by atoms with Gasteiger partial charge in [-0.15, -0.1) is 11.3 Å². The number of aryl methyl sites for hydroxylation is 1.